The van der Waals surface area contributed by atoms with Crippen LogP contribution >= 0.6 is 12.6 Å². The number of carbonyl (C=O) groups excluding carboxylic acids is 1. The highest BCUT2D eigenvalue weighted by Crippen LogP contribution is 2.54. The van der Waals surface area contributed by atoms with Gasteiger partial charge in [0.1, 0.15) is 5.75 Å². The number of carbonyl (C=O) groups is 2. The molecule has 31 heavy (non-hydrogen) atoms. The van der Waals surface area contributed by atoms with E-state index in [4.69, 9.17) is 20.3 Å². The number of para-hydroxylation sites is 1. The average Bonchev–Trinajstić information content (AvgIpc) is 2.71. The third-order valence-corrected chi connectivity index (χ3v) is 7.24. The second kappa shape index (κ2) is 10.7. The third kappa shape index (κ3) is 6.88. The molecular formula is C24H35NO5S. The summed E-state index contributed by atoms with van der Waals surface area (Å²) >= 11 is 3.97. The summed E-state index contributed by atoms with van der Waals surface area (Å²) in [6, 6.07) is 9.03. The molecule has 0 aliphatic heterocycles. The molecule has 0 amide bonds. The number of carboxylic acid groups (broad SMARTS) is 1. The summed E-state index contributed by atoms with van der Waals surface area (Å²) < 4.78 is 10.3. The maximum absolute atomic E-state index is 11.5. The number of ether oxygens (including phenoxy) is 2. The number of hydrogen-bond donors (Lipinski definition) is 3. The zero-order chi connectivity index (χ0) is 22.4. The van der Waals surface area contributed by atoms with Gasteiger partial charge in [-0.15, -0.1) is 0 Å². The van der Waals surface area contributed by atoms with Gasteiger partial charge in [-0.25, -0.2) is 4.79 Å². The second-order valence-electron chi connectivity index (χ2n) is 9.58. The Kier molecular flexibility index (Phi) is 8.28. The van der Waals surface area contributed by atoms with Crippen molar-refractivity contribution < 1.29 is 24.2 Å². The molecule has 4 aliphatic rings. The van der Waals surface area contributed by atoms with E-state index in [0.717, 1.165) is 17.8 Å². The molecule has 4 saturated carbocycles. The van der Waals surface area contributed by atoms with E-state index in [9.17, 15) is 9.59 Å². The Hall–Kier alpha value is -1.73. The maximum Gasteiger partial charge on any atom is 0.345 e. The third-order valence-electron chi connectivity index (χ3n) is 6.69. The van der Waals surface area contributed by atoms with E-state index >= 15 is 0 Å². The number of hydrogen-bond acceptors (Lipinski definition) is 6. The predicted octanol–water partition coefficient (Wildman–Crippen LogP) is 3.93. The van der Waals surface area contributed by atoms with Crippen molar-refractivity contribution in [1.29, 1.82) is 0 Å². The van der Waals surface area contributed by atoms with Gasteiger partial charge < -0.3 is 20.3 Å². The van der Waals surface area contributed by atoms with Gasteiger partial charge in [0.25, 0.3) is 0 Å². The first-order valence-electron chi connectivity index (χ1n) is 11.3. The van der Waals surface area contributed by atoms with Gasteiger partial charge in [0, 0.05) is 17.7 Å². The Morgan fingerprint density at radius 1 is 1.13 bits per heavy atom. The van der Waals surface area contributed by atoms with Crippen molar-refractivity contribution in [2.24, 2.45) is 29.4 Å². The van der Waals surface area contributed by atoms with Gasteiger partial charge >= 0.3 is 11.9 Å². The largest absolute Gasteiger partial charge is 0.493 e. The SMILES string of the molecule is C[C@H](CS)C(=O)O[C@@H](CCOc1ccccc1)C(=O)O.NC12CC3CC(CC(C3)C1)C2. The molecule has 0 saturated heterocycles. The fraction of sp³-hybridized carbons (Fsp3) is 0.667. The molecule has 4 bridgehead atoms. The molecule has 3 N–H and O–H groups in total. The van der Waals surface area contributed by atoms with E-state index in [1.807, 2.05) is 18.2 Å². The lowest BCUT2D eigenvalue weighted by atomic mass is 9.53. The number of carboxylic acids is 1. The minimum Gasteiger partial charge on any atom is -0.493 e. The molecule has 4 aliphatic carbocycles. The van der Waals surface area contributed by atoms with E-state index in [1.165, 1.54) is 38.5 Å². The van der Waals surface area contributed by atoms with Crippen LogP contribution in [0.15, 0.2) is 30.3 Å². The van der Waals surface area contributed by atoms with E-state index < -0.39 is 24.0 Å². The molecule has 5 rings (SSSR count). The topological polar surface area (TPSA) is 98.8 Å². The van der Waals surface area contributed by atoms with Crippen LogP contribution < -0.4 is 10.5 Å². The minimum atomic E-state index is -1.20. The summed E-state index contributed by atoms with van der Waals surface area (Å²) in [5, 5.41) is 9.02. The van der Waals surface area contributed by atoms with Gasteiger partial charge in [0.05, 0.1) is 12.5 Å². The van der Waals surface area contributed by atoms with Crippen molar-refractivity contribution in [3.8, 4) is 5.75 Å². The van der Waals surface area contributed by atoms with Crippen LogP contribution in [-0.4, -0.2) is 41.0 Å². The number of thiol groups is 1. The molecule has 0 heterocycles. The molecule has 0 aromatic heterocycles. The van der Waals surface area contributed by atoms with Crippen molar-refractivity contribution in [1.82, 2.24) is 0 Å². The standard InChI is InChI=1S/C14H18O5S.C10H17N/c1-10(9-20)14(17)19-12(13(15)16)7-8-18-11-5-3-2-4-6-11;11-10-4-7-1-8(5-10)3-9(2-7)6-10/h2-6,10,12,20H,7-9H2,1H3,(H,15,16);7-9H,1-6,11H2/t10-,12+;/m1./s1. The van der Waals surface area contributed by atoms with E-state index in [1.54, 1.807) is 19.1 Å². The van der Waals surface area contributed by atoms with Crippen molar-refractivity contribution in [3.63, 3.8) is 0 Å². The summed E-state index contributed by atoms with van der Waals surface area (Å²) in [7, 11) is 0. The quantitative estimate of drug-likeness (QED) is 0.411. The van der Waals surface area contributed by atoms with Gasteiger partial charge in [-0.3, -0.25) is 4.79 Å². The maximum atomic E-state index is 11.5. The number of benzene rings is 1. The lowest BCUT2D eigenvalue weighted by Gasteiger charge is -2.55. The normalized spacial score (nSPS) is 30.0. The summed E-state index contributed by atoms with van der Waals surface area (Å²) in [5.74, 6) is 1.84. The fourth-order valence-electron chi connectivity index (χ4n) is 5.54. The minimum absolute atomic E-state index is 0.0925. The molecule has 1 aromatic carbocycles. The number of rotatable bonds is 8. The Morgan fingerprint density at radius 2 is 1.68 bits per heavy atom. The first-order valence-corrected chi connectivity index (χ1v) is 11.9. The van der Waals surface area contributed by atoms with E-state index in [2.05, 4.69) is 12.6 Å². The smallest absolute Gasteiger partial charge is 0.345 e. The average molecular weight is 450 g/mol. The summed E-state index contributed by atoms with van der Waals surface area (Å²) in [6.07, 6.45) is 7.46. The lowest BCUT2D eigenvalue weighted by molar-refractivity contribution is -0.166. The molecule has 2 atom stereocenters. The summed E-state index contributed by atoms with van der Waals surface area (Å²) in [5.41, 5.74) is 6.62. The first kappa shape index (κ1) is 23.9. The fourth-order valence-corrected chi connectivity index (χ4v) is 5.69. The predicted molar refractivity (Wildman–Crippen MR) is 122 cm³/mol. The van der Waals surface area contributed by atoms with Crippen LogP contribution in [0.25, 0.3) is 0 Å². The van der Waals surface area contributed by atoms with Crippen LogP contribution in [0.1, 0.15) is 51.9 Å². The molecule has 1 aromatic rings. The van der Waals surface area contributed by atoms with Crippen LogP contribution in [0.3, 0.4) is 0 Å². The number of esters is 1. The van der Waals surface area contributed by atoms with Crippen LogP contribution in [0.2, 0.25) is 0 Å². The Bertz CT molecular complexity index is 705. The van der Waals surface area contributed by atoms with Crippen LogP contribution in [0.5, 0.6) is 5.75 Å². The number of aliphatic carboxylic acids is 1. The molecule has 7 heteroatoms. The molecule has 0 radical (unpaired) electrons. The van der Waals surface area contributed by atoms with E-state index in [0.29, 0.717) is 17.0 Å². The second-order valence-corrected chi connectivity index (χ2v) is 9.94. The van der Waals surface area contributed by atoms with Crippen molar-refractivity contribution in [3.05, 3.63) is 30.3 Å². The van der Waals surface area contributed by atoms with Crippen molar-refractivity contribution >= 4 is 24.6 Å². The molecular weight excluding hydrogens is 414 g/mol. The first-order chi connectivity index (χ1) is 14.8. The zero-order valence-electron chi connectivity index (χ0n) is 18.2. The highest BCUT2D eigenvalue weighted by Gasteiger charge is 2.48. The van der Waals surface area contributed by atoms with Crippen molar-refractivity contribution in [2.45, 2.75) is 63.5 Å². The molecule has 0 unspecified atom stereocenters. The van der Waals surface area contributed by atoms with Gasteiger partial charge in [-0.05, 0) is 68.4 Å². The van der Waals surface area contributed by atoms with Crippen LogP contribution in [-0.2, 0) is 14.3 Å². The Balaban J connectivity index is 0.000000204. The van der Waals surface area contributed by atoms with Gasteiger partial charge in [-0.2, -0.15) is 12.6 Å². The van der Waals surface area contributed by atoms with Crippen LogP contribution in [0, 0.1) is 23.7 Å². The summed E-state index contributed by atoms with van der Waals surface area (Å²) in [4.78, 5) is 22.6. The highest BCUT2D eigenvalue weighted by molar-refractivity contribution is 7.80. The van der Waals surface area contributed by atoms with E-state index in [-0.39, 0.29) is 13.0 Å². The zero-order valence-corrected chi connectivity index (χ0v) is 19.1. The molecule has 4 fully saturated rings. The van der Waals surface area contributed by atoms with Crippen LogP contribution in [0.4, 0.5) is 0 Å². The lowest BCUT2D eigenvalue weighted by Crippen LogP contribution is -2.55. The van der Waals surface area contributed by atoms with Crippen molar-refractivity contribution in [2.75, 3.05) is 12.4 Å². The van der Waals surface area contributed by atoms with Gasteiger partial charge in [0.15, 0.2) is 0 Å². The Labute approximate surface area is 190 Å². The molecule has 6 nitrogen and oxygen atoms in total. The molecule has 0 spiro atoms. The highest BCUT2D eigenvalue weighted by atomic mass is 32.1. The van der Waals surface area contributed by atoms with Gasteiger partial charge in [-0.1, -0.05) is 25.1 Å². The summed E-state index contributed by atoms with van der Waals surface area (Å²) in [6.45, 7) is 1.79. The monoisotopic (exact) mass is 449 g/mol. The number of nitrogens with two attached hydrogens (primary N) is 1. The Morgan fingerprint density at radius 3 is 2.13 bits per heavy atom. The molecule has 172 valence electrons. The van der Waals surface area contributed by atoms with Gasteiger partial charge in [0.2, 0.25) is 6.10 Å².